The quantitative estimate of drug-likeness (QED) is 0.787. The van der Waals surface area contributed by atoms with Crippen LogP contribution < -0.4 is 10.6 Å². The molecule has 1 aromatic heterocycles. The summed E-state index contributed by atoms with van der Waals surface area (Å²) in [4.78, 5) is 22.6. The second kappa shape index (κ2) is 6.75. The molecule has 0 radical (unpaired) electrons. The number of nitrogens with one attached hydrogen (secondary N) is 2. The second-order valence-electron chi connectivity index (χ2n) is 4.73. The van der Waals surface area contributed by atoms with Gasteiger partial charge in [-0.3, -0.25) is 0 Å². The Kier molecular flexibility index (Phi) is 4.77. The zero-order valence-electron chi connectivity index (χ0n) is 12.3. The molecule has 116 valence electrons. The maximum absolute atomic E-state index is 11.9. The van der Waals surface area contributed by atoms with Crippen molar-refractivity contribution in [3.63, 3.8) is 0 Å². The van der Waals surface area contributed by atoms with Gasteiger partial charge < -0.3 is 20.3 Å². The number of carboxylic acids is 1. The largest absolute Gasteiger partial charge is 0.478 e. The van der Waals surface area contributed by atoms with E-state index in [0.717, 1.165) is 5.56 Å². The van der Waals surface area contributed by atoms with Crippen LogP contribution in [0, 0.1) is 6.92 Å². The van der Waals surface area contributed by atoms with Crippen LogP contribution in [0.3, 0.4) is 0 Å². The van der Waals surface area contributed by atoms with Crippen molar-refractivity contribution in [1.29, 1.82) is 0 Å². The maximum atomic E-state index is 11.9. The summed E-state index contributed by atoms with van der Waals surface area (Å²) < 4.78 is 5.10. The first-order valence-corrected chi connectivity index (χ1v) is 6.83. The number of aromatic nitrogens is 1. The van der Waals surface area contributed by atoms with Crippen LogP contribution in [0.1, 0.15) is 34.3 Å². The molecule has 7 nitrogen and oxygen atoms in total. The molecule has 2 rings (SSSR count). The minimum absolute atomic E-state index is 0.209. The van der Waals surface area contributed by atoms with E-state index in [4.69, 9.17) is 9.63 Å². The monoisotopic (exact) mass is 303 g/mol. The fourth-order valence-corrected chi connectivity index (χ4v) is 1.92. The Morgan fingerprint density at radius 1 is 1.27 bits per heavy atom. The number of aryl methyl sites for hydroxylation is 2. The molecule has 0 saturated carbocycles. The summed E-state index contributed by atoms with van der Waals surface area (Å²) in [6.07, 6.45) is 0.632. The minimum atomic E-state index is -0.979. The molecule has 0 bridgehead atoms. The average molecular weight is 303 g/mol. The molecule has 0 unspecified atom stereocenters. The Morgan fingerprint density at radius 3 is 2.55 bits per heavy atom. The summed E-state index contributed by atoms with van der Waals surface area (Å²) in [7, 11) is 0. The standard InChI is InChI=1S/C15H17N3O4/c1-3-12-13(9(2)18-22-12)17-15(21)16-8-10-4-6-11(7-5-10)14(19)20/h4-7H,3,8H2,1-2H3,(H,19,20)(H2,16,17,21). The molecule has 0 atom stereocenters. The van der Waals surface area contributed by atoms with Crippen LogP contribution in [0.2, 0.25) is 0 Å². The Bertz CT molecular complexity index is 677. The molecule has 22 heavy (non-hydrogen) atoms. The van der Waals surface area contributed by atoms with E-state index in [-0.39, 0.29) is 18.1 Å². The molecule has 2 amide bonds. The Morgan fingerprint density at radius 2 is 1.95 bits per heavy atom. The summed E-state index contributed by atoms with van der Waals surface area (Å²) in [5.74, 6) is -0.356. The Labute approximate surface area is 127 Å². The van der Waals surface area contributed by atoms with E-state index in [1.165, 1.54) is 12.1 Å². The first kappa shape index (κ1) is 15.6. The van der Waals surface area contributed by atoms with E-state index in [2.05, 4.69) is 15.8 Å². The molecule has 0 aliphatic carbocycles. The van der Waals surface area contributed by atoms with Crippen molar-refractivity contribution in [3.05, 3.63) is 46.8 Å². The fourth-order valence-electron chi connectivity index (χ4n) is 1.92. The van der Waals surface area contributed by atoms with Crippen molar-refractivity contribution in [2.24, 2.45) is 0 Å². The first-order chi connectivity index (χ1) is 10.5. The number of aromatic carboxylic acids is 1. The molecule has 1 heterocycles. The first-order valence-electron chi connectivity index (χ1n) is 6.83. The SMILES string of the molecule is CCc1onc(C)c1NC(=O)NCc1ccc(C(=O)O)cc1. The van der Waals surface area contributed by atoms with Gasteiger partial charge >= 0.3 is 12.0 Å². The van der Waals surface area contributed by atoms with Gasteiger partial charge in [0.25, 0.3) is 0 Å². The van der Waals surface area contributed by atoms with E-state index in [1.54, 1.807) is 19.1 Å². The van der Waals surface area contributed by atoms with Crippen LogP contribution in [0.5, 0.6) is 0 Å². The number of anilines is 1. The van der Waals surface area contributed by atoms with Crippen molar-refractivity contribution in [2.75, 3.05) is 5.32 Å². The van der Waals surface area contributed by atoms with Gasteiger partial charge in [-0.05, 0) is 24.6 Å². The number of benzene rings is 1. The predicted octanol–water partition coefficient (Wildman–Crippen LogP) is 2.57. The highest BCUT2D eigenvalue weighted by Gasteiger charge is 2.13. The lowest BCUT2D eigenvalue weighted by Crippen LogP contribution is -2.28. The predicted molar refractivity (Wildman–Crippen MR) is 79.9 cm³/mol. The van der Waals surface area contributed by atoms with Crippen LogP contribution in [0.15, 0.2) is 28.8 Å². The van der Waals surface area contributed by atoms with Crippen LogP contribution in [0.4, 0.5) is 10.5 Å². The van der Waals surface area contributed by atoms with Gasteiger partial charge in [-0.15, -0.1) is 0 Å². The lowest BCUT2D eigenvalue weighted by Gasteiger charge is -2.08. The van der Waals surface area contributed by atoms with Crippen molar-refractivity contribution < 1.29 is 19.2 Å². The third-order valence-corrected chi connectivity index (χ3v) is 3.15. The topological polar surface area (TPSA) is 104 Å². The summed E-state index contributed by atoms with van der Waals surface area (Å²) in [5.41, 5.74) is 2.22. The summed E-state index contributed by atoms with van der Waals surface area (Å²) in [6, 6.07) is 5.94. The molecule has 3 N–H and O–H groups in total. The molecule has 0 spiro atoms. The lowest BCUT2D eigenvalue weighted by molar-refractivity contribution is 0.0697. The van der Waals surface area contributed by atoms with Gasteiger partial charge in [-0.1, -0.05) is 24.2 Å². The second-order valence-corrected chi connectivity index (χ2v) is 4.73. The van der Waals surface area contributed by atoms with E-state index >= 15 is 0 Å². The van der Waals surface area contributed by atoms with Crippen molar-refractivity contribution in [1.82, 2.24) is 10.5 Å². The highest BCUT2D eigenvalue weighted by atomic mass is 16.5. The smallest absolute Gasteiger partial charge is 0.335 e. The Hall–Kier alpha value is -2.83. The van der Waals surface area contributed by atoms with Gasteiger partial charge in [0.1, 0.15) is 11.4 Å². The van der Waals surface area contributed by atoms with E-state index < -0.39 is 5.97 Å². The number of carboxylic acid groups (broad SMARTS) is 1. The molecule has 0 fully saturated rings. The van der Waals surface area contributed by atoms with E-state index in [1.807, 2.05) is 6.92 Å². The number of nitrogens with zero attached hydrogens (tertiary/aromatic N) is 1. The molecule has 0 saturated heterocycles. The molecule has 7 heteroatoms. The number of hydrogen-bond donors (Lipinski definition) is 3. The van der Waals surface area contributed by atoms with Crippen molar-refractivity contribution in [3.8, 4) is 0 Å². The molecule has 1 aromatic carbocycles. The molecular weight excluding hydrogens is 286 g/mol. The zero-order chi connectivity index (χ0) is 16.1. The van der Waals surface area contributed by atoms with E-state index in [0.29, 0.717) is 23.6 Å². The normalized spacial score (nSPS) is 10.3. The zero-order valence-corrected chi connectivity index (χ0v) is 12.3. The number of carbonyl (C=O) groups is 2. The third kappa shape index (κ3) is 3.63. The molecule has 2 aromatic rings. The third-order valence-electron chi connectivity index (χ3n) is 3.15. The van der Waals surface area contributed by atoms with Gasteiger partial charge in [0.05, 0.1) is 5.56 Å². The van der Waals surface area contributed by atoms with E-state index in [9.17, 15) is 9.59 Å². The number of carbonyl (C=O) groups excluding carboxylic acids is 1. The van der Waals surface area contributed by atoms with Gasteiger partial charge in [0.2, 0.25) is 0 Å². The average Bonchev–Trinajstić information content (AvgIpc) is 2.86. The van der Waals surface area contributed by atoms with Gasteiger partial charge in [-0.2, -0.15) is 0 Å². The number of rotatable bonds is 5. The highest BCUT2D eigenvalue weighted by molar-refractivity contribution is 5.90. The molecule has 0 aliphatic heterocycles. The van der Waals surface area contributed by atoms with Gasteiger partial charge in [0, 0.05) is 13.0 Å². The van der Waals surface area contributed by atoms with Crippen LogP contribution in [-0.2, 0) is 13.0 Å². The van der Waals surface area contributed by atoms with Crippen molar-refractivity contribution in [2.45, 2.75) is 26.8 Å². The van der Waals surface area contributed by atoms with Crippen molar-refractivity contribution >= 4 is 17.7 Å². The van der Waals surface area contributed by atoms with Gasteiger partial charge in [-0.25, -0.2) is 9.59 Å². The minimum Gasteiger partial charge on any atom is -0.478 e. The highest BCUT2D eigenvalue weighted by Crippen LogP contribution is 2.20. The van der Waals surface area contributed by atoms with Crippen LogP contribution in [-0.4, -0.2) is 22.3 Å². The van der Waals surface area contributed by atoms with Crippen LogP contribution >= 0.6 is 0 Å². The number of hydrogen-bond acceptors (Lipinski definition) is 4. The fraction of sp³-hybridized carbons (Fsp3) is 0.267. The van der Waals surface area contributed by atoms with Crippen LogP contribution in [0.25, 0.3) is 0 Å². The molecule has 0 aliphatic rings. The molecular formula is C15H17N3O4. The summed E-state index contributed by atoms with van der Waals surface area (Å²) in [6.45, 7) is 3.95. The summed E-state index contributed by atoms with van der Waals surface area (Å²) >= 11 is 0. The maximum Gasteiger partial charge on any atom is 0.335 e. The number of urea groups is 1. The Balaban J connectivity index is 1.92. The number of amides is 2. The van der Waals surface area contributed by atoms with Gasteiger partial charge in [0.15, 0.2) is 5.76 Å². The lowest BCUT2D eigenvalue weighted by atomic mass is 10.1. The summed E-state index contributed by atoms with van der Waals surface area (Å²) in [5, 5.41) is 18.0.